The van der Waals surface area contributed by atoms with Crippen LogP contribution < -0.4 is 5.32 Å². The van der Waals surface area contributed by atoms with Gasteiger partial charge in [-0.3, -0.25) is 0 Å². The Morgan fingerprint density at radius 2 is 2.32 bits per heavy atom. The number of nitrogens with one attached hydrogen (secondary N) is 1. The molecule has 19 heavy (non-hydrogen) atoms. The van der Waals surface area contributed by atoms with Gasteiger partial charge >= 0.3 is 0 Å². The lowest BCUT2D eigenvalue weighted by Crippen LogP contribution is -2.24. The normalized spacial score (nSPS) is 17.1. The van der Waals surface area contributed by atoms with Crippen LogP contribution >= 0.6 is 0 Å². The van der Waals surface area contributed by atoms with Crippen molar-refractivity contribution in [3.63, 3.8) is 0 Å². The highest BCUT2D eigenvalue weighted by Gasteiger charge is 2.20. The quantitative estimate of drug-likeness (QED) is 0.685. The van der Waals surface area contributed by atoms with Crippen LogP contribution in [-0.2, 0) is 17.8 Å². The first-order valence-corrected chi connectivity index (χ1v) is 7.03. The van der Waals surface area contributed by atoms with Crippen LogP contribution in [0.2, 0.25) is 0 Å². The van der Waals surface area contributed by atoms with Crippen LogP contribution in [0, 0.1) is 5.92 Å². The summed E-state index contributed by atoms with van der Waals surface area (Å²) in [6.07, 6.45) is 4.16. The van der Waals surface area contributed by atoms with E-state index in [1.54, 1.807) is 4.68 Å². The summed E-state index contributed by atoms with van der Waals surface area (Å²) in [5, 5.41) is 21.2. The van der Waals surface area contributed by atoms with Crippen molar-refractivity contribution < 1.29 is 9.84 Å². The first kappa shape index (κ1) is 14.4. The van der Waals surface area contributed by atoms with Crippen LogP contribution in [-0.4, -0.2) is 45.5 Å². The maximum absolute atomic E-state index is 9.79. The minimum absolute atomic E-state index is 0.132. The lowest BCUT2D eigenvalue weighted by atomic mass is 10.3. The van der Waals surface area contributed by atoms with E-state index in [1.165, 1.54) is 12.8 Å². The number of aliphatic hydroxyl groups is 1. The van der Waals surface area contributed by atoms with E-state index in [0.29, 0.717) is 13.2 Å². The van der Waals surface area contributed by atoms with Crippen molar-refractivity contribution in [2.24, 2.45) is 5.92 Å². The lowest BCUT2D eigenvalue weighted by Gasteiger charge is -2.12. The molecule has 1 saturated carbocycles. The highest BCUT2D eigenvalue weighted by atomic mass is 16.5. The SMILES string of the molecule is CC(C)OCC(O)Cn1cc(CNCC2CC2)nn1. The van der Waals surface area contributed by atoms with Crippen LogP contribution in [0.3, 0.4) is 0 Å². The minimum atomic E-state index is -0.545. The average Bonchev–Trinajstić information content (AvgIpc) is 3.07. The molecule has 1 aromatic rings. The Kier molecular flexibility index (Phi) is 5.30. The summed E-state index contributed by atoms with van der Waals surface area (Å²) in [6, 6.07) is 0. The van der Waals surface area contributed by atoms with Crippen LogP contribution in [0.5, 0.6) is 0 Å². The fourth-order valence-electron chi connectivity index (χ4n) is 1.81. The number of ether oxygens (including phenoxy) is 1. The zero-order valence-corrected chi connectivity index (χ0v) is 11.7. The molecule has 1 aliphatic rings. The van der Waals surface area contributed by atoms with Crippen LogP contribution in [0.15, 0.2) is 6.20 Å². The molecule has 0 amide bonds. The van der Waals surface area contributed by atoms with Gasteiger partial charge in [0, 0.05) is 12.7 Å². The molecule has 0 radical (unpaired) electrons. The van der Waals surface area contributed by atoms with Crippen LogP contribution in [0.4, 0.5) is 0 Å². The first-order valence-electron chi connectivity index (χ1n) is 7.03. The van der Waals surface area contributed by atoms with Crippen molar-refractivity contribution in [3.05, 3.63) is 11.9 Å². The Bertz CT molecular complexity index is 376. The molecule has 0 bridgehead atoms. The monoisotopic (exact) mass is 268 g/mol. The summed E-state index contributed by atoms with van der Waals surface area (Å²) in [7, 11) is 0. The fourth-order valence-corrected chi connectivity index (χ4v) is 1.81. The van der Waals surface area contributed by atoms with Crippen molar-refractivity contribution in [2.45, 2.75) is 52.0 Å². The summed E-state index contributed by atoms with van der Waals surface area (Å²) in [5.41, 5.74) is 0.914. The maximum Gasteiger partial charge on any atom is 0.0969 e. The third kappa shape index (κ3) is 5.67. The van der Waals surface area contributed by atoms with Crippen molar-refractivity contribution in [1.29, 1.82) is 0 Å². The number of aliphatic hydroxyl groups excluding tert-OH is 1. The van der Waals surface area contributed by atoms with Crippen molar-refractivity contribution in [2.75, 3.05) is 13.2 Å². The second-order valence-corrected chi connectivity index (χ2v) is 5.54. The van der Waals surface area contributed by atoms with Crippen molar-refractivity contribution in [3.8, 4) is 0 Å². The summed E-state index contributed by atoms with van der Waals surface area (Å²) in [6.45, 7) is 6.46. The highest BCUT2D eigenvalue weighted by Crippen LogP contribution is 2.27. The third-order valence-corrected chi connectivity index (χ3v) is 3.04. The molecule has 1 aliphatic carbocycles. The Balaban J connectivity index is 1.66. The van der Waals surface area contributed by atoms with E-state index in [1.807, 2.05) is 20.0 Å². The van der Waals surface area contributed by atoms with Gasteiger partial charge in [0.2, 0.25) is 0 Å². The summed E-state index contributed by atoms with van der Waals surface area (Å²) < 4.78 is 7.03. The maximum atomic E-state index is 9.79. The van der Waals surface area contributed by atoms with Gasteiger partial charge in [-0.15, -0.1) is 5.10 Å². The predicted molar refractivity (Wildman–Crippen MR) is 71.5 cm³/mol. The second-order valence-electron chi connectivity index (χ2n) is 5.54. The van der Waals surface area contributed by atoms with Gasteiger partial charge in [0.05, 0.1) is 31.1 Å². The van der Waals surface area contributed by atoms with Gasteiger partial charge in [-0.05, 0) is 39.2 Å². The molecule has 0 aromatic carbocycles. The lowest BCUT2D eigenvalue weighted by molar-refractivity contribution is -0.00221. The first-order chi connectivity index (χ1) is 9.13. The third-order valence-electron chi connectivity index (χ3n) is 3.04. The zero-order chi connectivity index (χ0) is 13.7. The minimum Gasteiger partial charge on any atom is -0.389 e. The Labute approximate surface area is 114 Å². The molecule has 108 valence electrons. The number of hydrogen-bond donors (Lipinski definition) is 2. The van der Waals surface area contributed by atoms with Crippen molar-refractivity contribution >= 4 is 0 Å². The highest BCUT2D eigenvalue weighted by molar-refractivity contribution is 4.92. The molecule has 2 rings (SSSR count). The number of rotatable bonds is 9. The van der Waals surface area contributed by atoms with Gasteiger partial charge in [0.15, 0.2) is 0 Å². The molecule has 2 N–H and O–H groups in total. The Morgan fingerprint density at radius 1 is 1.53 bits per heavy atom. The fraction of sp³-hybridized carbons (Fsp3) is 0.846. The number of aromatic nitrogens is 3. The number of nitrogens with zero attached hydrogens (tertiary/aromatic N) is 3. The summed E-state index contributed by atoms with van der Waals surface area (Å²) in [4.78, 5) is 0. The molecular weight excluding hydrogens is 244 g/mol. The van der Waals surface area contributed by atoms with E-state index >= 15 is 0 Å². The van der Waals surface area contributed by atoms with E-state index in [-0.39, 0.29) is 6.10 Å². The smallest absolute Gasteiger partial charge is 0.0969 e. The molecule has 1 heterocycles. The predicted octanol–water partition coefficient (Wildman–Crippen LogP) is 0.564. The van der Waals surface area contributed by atoms with Crippen molar-refractivity contribution in [1.82, 2.24) is 20.3 Å². The molecule has 1 atom stereocenters. The summed E-state index contributed by atoms with van der Waals surface area (Å²) in [5.74, 6) is 0.866. The molecule has 0 saturated heterocycles. The van der Waals surface area contributed by atoms with E-state index in [0.717, 1.165) is 24.7 Å². The van der Waals surface area contributed by atoms with Gasteiger partial charge in [-0.1, -0.05) is 5.21 Å². The topological polar surface area (TPSA) is 72.2 Å². The summed E-state index contributed by atoms with van der Waals surface area (Å²) >= 11 is 0. The second kappa shape index (κ2) is 6.98. The molecule has 1 unspecified atom stereocenters. The van der Waals surface area contributed by atoms with Gasteiger partial charge in [-0.25, -0.2) is 4.68 Å². The average molecular weight is 268 g/mol. The van der Waals surface area contributed by atoms with Gasteiger partial charge < -0.3 is 15.2 Å². The molecule has 1 aromatic heterocycles. The Morgan fingerprint density at radius 3 is 3.00 bits per heavy atom. The standard InChI is InChI=1S/C13H24N4O2/c1-10(2)19-9-13(18)8-17-7-12(15-16-17)6-14-5-11-3-4-11/h7,10-11,13-14,18H,3-6,8-9H2,1-2H3. The Hall–Kier alpha value is -0.980. The van der Waals surface area contributed by atoms with E-state index in [2.05, 4.69) is 15.6 Å². The van der Waals surface area contributed by atoms with Crippen LogP contribution in [0.1, 0.15) is 32.4 Å². The molecule has 6 heteroatoms. The van der Waals surface area contributed by atoms with E-state index < -0.39 is 6.10 Å². The molecule has 0 spiro atoms. The molecule has 1 fully saturated rings. The van der Waals surface area contributed by atoms with Gasteiger partial charge in [0.1, 0.15) is 0 Å². The van der Waals surface area contributed by atoms with Gasteiger partial charge in [0.25, 0.3) is 0 Å². The van der Waals surface area contributed by atoms with Crippen LogP contribution in [0.25, 0.3) is 0 Å². The molecular formula is C13H24N4O2. The molecule has 0 aliphatic heterocycles. The largest absolute Gasteiger partial charge is 0.389 e. The zero-order valence-electron chi connectivity index (χ0n) is 11.7. The number of hydrogen-bond acceptors (Lipinski definition) is 5. The van der Waals surface area contributed by atoms with E-state index in [4.69, 9.17) is 4.74 Å². The molecule has 6 nitrogen and oxygen atoms in total. The van der Waals surface area contributed by atoms with Gasteiger partial charge in [-0.2, -0.15) is 0 Å². The van der Waals surface area contributed by atoms with E-state index in [9.17, 15) is 5.11 Å².